The van der Waals surface area contributed by atoms with E-state index in [0.717, 1.165) is 6.54 Å². The highest BCUT2D eigenvalue weighted by atomic mass is 32.1. The summed E-state index contributed by atoms with van der Waals surface area (Å²) in [6.07, 6.45) is 0.0555. The Labute approximate surface area is 113 Å². The standard InChI is InChI=1S/C14H22N2OS/c1-9(2)10(3)7-16-13(12-5-6-18-8-12)15-11(4)14(16)17/h5-6,8-11,13,15H,7H2,1-4H3. The van der Waals surface area contributed by atoms with Crippen molar-refractivity contribution >= 4 is 17.2 Å². The van der Waals surface area contributed by atoms with E-state index < -0.39 is 0 Å². The largest absolute Gasteiger partial charge is 0.321 e. The van der Waals surface area contributed by atoms with E-state index in [4.69, 9.17) is 0 Å². The first-order valence-corrected chi connectivity index (χ1v) is 7.53. The molecular formula is C14H22N2OS. The maximum absolute atomic E-state index is 12.2. The van der Waals surface area contributed by atoms with E-state index in [2.05, 4.69) is 42.9 Å². The second kappa shape index (κ2) is 5.41. The van der Waals surface area contributed by atoms with Crippen LogP contribution in [-0.2, 0) is 4.79 Å². The third-order valence-electron chi connectivity index (χ3n) is 3.85. The van der Waals surface area contributed by atoms with Crippen molar-refractivity contribution in [3.05, 3.63) is 22.4 Å². The average molecular weight is 266 g/mol. The molecule has 1 aliphatic rings. The van der Waals surface area contributed by atoms with Gasteiger partial charge in [-0.05, 0) is 41.1 Å². The van der Waals surface area contributed by atoms with Crippen LogP contribution < -0.4 is 5.32 Å². The molecule has 3 unspecified atom stereocenters. The van der Waals surface area contributed by atoms with Gasteiger partial charge in [0.25, 0.3) is 0 Å². The topological polar surface area (TPSA) is 32.3 Å². The summed E-state index contributed by atoms with van der Waals surface area (Å²) in [5, 5.41) is 7.57. The Kier molecular flexibility index (Phi) is 4.07. The second-order valence-electron chi connectivity index (χ2n) is 5.56. The van der Waals surface area contributed by atoms with E-state index in [1.54, 1.807) is 11.3 Å². The van der Waals surface area contributed by atoms with Crippen LogP contribution in [0.2, 0.25) is 0 Å². The highest BCUT2D eigenvalue weighted by molar-refractivity contribution is 7.07. The van der Waals surface area contributed by atoms with Crippen LogP contribution in [0.5, 0.6) is 0 Å². The fraction of sp³-hybridized carbons (Fsp3) is 0.643. The second-order valence-corrected chi connectivity index (χ2v) is 6.34. The molecule has 1 saturated heterocycles. The summed E-state index contributed by atoms with van der Waals surface area (Å²) in [5.74, 6) is 1.33. The van der Waals surface area contributed by atoms with Gasteiger partial charge < -0.3 is 4.90 Å². The smallest absolute Gasteiger partial charge is 0.241 e. The molecule has 2 rings (SSSR count). The lowest BCUT2D eigenvalue weighted by Gasteiger charge is -2.28. The van der Waals surface area contributed by atoms with Crippen molar-refractivity contribution in [2.75, 3.05) is 6.54 Å². The molecule has 1 aliphatic heterocycles. The number of nitrogens with zero attached hydrogens (tertiary/aromatic N) is 1. The first-order chi connectivity index (χ1) is 8.50. The Morgan fingerprint density at radius 3 is 2.72 bits per heavy atom. The van der Waals surface area contributed by atoms with E-state index in [9.17, 15) is 4.79 Å². The van der Waals surface area contributed by atoms with Gasteiger partial charge in [0.1, 0.15) is 6.17 Å². The zero-order valence-corrected chi connectivity index (χ0v) is 12.3. The third kappa shape index (κ3) is 2.59. The van der Waals surface area contributed by atoms with Gasteiger partial charge in [0, 0.05) is 6.54 Å². The van der Waals surface area contributed by atoms with Crippen LogP contribution in [0.25, 0.3) is 0 Å². The van der Waals surface area contributed by atoms with Gasteiger partial charge in [0.15, 0.2) is 0 Å². The average Bonchev–Trinajstić information content (AvgIpc) is 2.92. The molecule has 0 radical (unpaired) electrons. The lowest BCUT2D eigenvalue weighted by Crippen LogP contribution is -2.35. The first kappa shape index (κ1) is 13.6. The monoisotopic (exact) mass is 266 g/mol. The number of amides is 1. The molecule has 0 spiro atoms. The minimum atomic E-state index is -0.0748. The molecule has 0 aromatic carbocycles. The fourth-order valence-corrected chi connectivity index (χ4v) is 2.88. The fourth-order valence-electron chi connectivity index (χ4n) is 2.20. The molecule has 18 heavy (non-hydrogen) atoms. The molecular weight excluding hydrogens is 244 g/mol. The van der Waals surface area contributed by atoms with Gasteiger partial charge in [-0.1, -0.05) is 20.8 Å². The Bertz CT molecular complexity index is 402. The number of rotatable bonds is 4. The third-order valence-corrected chi connectivity index (χ3v) is 4.56. The summed E-state index contributed by atoms with van der Waals surface area (Å²) in [7, 11) is 0. The molecule has 3 nitrogen and oxygen atoms in total. The van der Waals surface area contributed by atoms with Crippen LogP contribution in [-0.4, -0.2) is 23.4 Å². The van der Waals surface area contributed by atoms with Crippen molar-refractivity contribution < 1.29 is 4.79 Å². The predicted octanol–water partition coefficient (Wildman–Crippen LogP) is 2.86. The van der Waals surface area contributed by atoms with Crippen LogP contribution in [0.15, 0.2) is 16.8 Å². The molecule has 4 heteroatoms. The molecule has 0 saturated carbocycles. The van der Waals surface area contributed by atoms with E-state index in [1.165, 1.54) is 5.56 Å². The molecule has 1 aromatic rings. The Hall–Kier alpha value is -0.870. The normalized spacial score (nSPS) is 26.1. The van der Waals surface area contributed by atoms with E-state index in [1.807, 2.05) is 11.8 Å². The lowest BCUT2D eigenvalue weighted by molar-refractivity contribution is -0.130. The molecule has 0 bridgehead atoms. The quantitative estimate of drug-likeness (QED) is 0.909. The molecule has 1 amide bonds. The first-order valence-electron chi connectivity index (χ1n) is 6.59. The number of hydrogen-bond donors (Lipinski definition) is 1. The summed E-state index contributed by atoms with van der Waals surface area (Å²) < 4.78 is 0. The van der Waals surface area contributed by atoms with Gasteiger partial charge in [-0.3, -0.25) is 10.1 Å². The van der Waals surface area contributed by atoms with E-state index in [-0.39, 0.29) is 18.1 Å². The van der Waals surface area contributed by atoms with Crippen LogP contribution in [0, 0.1) is 11.8 Å². The Morgan fingerprint density at radius 2 is 2.17 bits per heavy atom. The molecule has 100 valence electrons. The van der Waals surface area contributed by atoms with Gasteiger partial charge >= 0.3 is 0 Å². The van der Waals surface area contributed by atoms with Crippen molar-refractivity contribution in [2.45, 2.75) is 39.9 Å². The SMILES string of the molecule is CC1NC(c2ccsc2)N(CC(C)C(C)C)C1=O. The predicted molar refractivity (Wildman–Crippen MR) is 75.4 cm³/mol. The van der Waals surface area contributed by atoms with Crippen molar-refractivity contribution in [3.63, 3.8) is 0 Å². The molecule has 3 atom stereocenters. The van der Waals surface area contributed by atoms with Crippen LogP contribution in [0.1, 0.15) is 39.4 Å². The van der Waals surface area contributed by atoms with Gasteiger partial charge in [-0.25, -0.2) is 0 Å². The van der Waals surface area contributed by atoms with Gasteiger partial charge in [-0.15, -0.1) is 0 Å². The molecule has 1 N–H and O–H groups in total. The highest BCUT2D eigenvalue weighted by Crippen LogP contribution is 2.28. The number of carbonyl (C=O) groups excluding carboxylic acids is 1. The van der Waals surface area contributed by atoms with E-state index >= 15 is 0 Å². The van der Waals surface area contributed by atoms with Crippen LogP contribution in [0.4, 0.5) is 0 Å². The van der Waals surface area contributed by atoms with Crippen molar-refractivity contribution in [2.24, 2.45) is 11.8 Å². The zero-order chi connectivity index (χ0) is 13.3. The van der Waals surface area contributed by atoms with Crippen LogP contribution >= 0.6 is 11.3 Å². The van der Waals surface area contributed by atoms with Gasteiger partial charge in [0.2, 0.25) is 5.91 Å². The van der Waals surface area contributed by atoms with Crippen LogP contribution in [0.3, 0.4) is 0 Å². The summed E-state index contributed by atoms with van der Waals surface area (Å²) in [6.45, 7) is 9.41. The maximum Gasteiger partial charge on any atom is 0.241 e. The number of hydrogen-bond acceptors (Lipinski definition) is 3. The molecule has 1 fully saturated rings. The van der Waals surface area contributed by atoms with E-state index in [0.29, 0.717) is 11.8 Å². The Balaban J connectivity index is 2.16. The minimum Gasteiger partial charge on any atom is -0.321 e. The van der Waals surface area contributed by atoms with Crippen molar-refractivity contribution in [1.29, 1.82) is 0 Å². The Morgan fingerprint density at radius 1 is 1.44 bits per heavy atom. The van der Waals surface area contributed by atoms with Gasteiger partial charge in [0.05, 0.1) is 6.04 Å². The number of carbonyl (C=O) groups is 1. The summed E-state index contributed by atoms with van der Waals surface area (Å²) in [5.41, 5.74) is 1.20. The lowest BCUT2D eigenvalue weighted by atomic mass is 9.97. The summed E-state index contributed by atoms with van der Waals surface area (Å²) in [4.78, 5) is 14.2. The van der Waals surface area contributed by atoms with Crippen molar-refractivity contribution in [1.82, 2.24) is 10.2 Å². The minimum absolute atomic E-state index is 0.0555. The zero-order valence-electron chi connectivity index (χ0n) is 11.5. The molecule has 0 aliphatic carbocycles. The molecule has 1 aromatic heterocycles. The van der Waals surface area contributed by atoms with Gasteiger partial charge in [-0.2, -0.15) is 11.3 Å². The molecule has 2 heterocycles. The highest BCUT2D eigenvalue weighted by Gasteiger charge is 2.37. The number of nitrogens with one attached hydrogen (secondary N) is 1. The van der Waals surface area contributed by atoms with Crippen molar-refractivity contribution in [3.8, 4) is 0 Å². The summed E-state index contributed by atoms with van der Waals surface area (Å²) in [6, 6.07) is 2.02. The maximum atomic E-state index is 12.2. The summed E-state index contributed by atoms with van der Waals surface area (Å²) >= 11 is 1.68. The number of thiophene rings is 1.